The largest absolute Gasteiger partial charge is 0.0887 e. The van der Waals surface area contributed by atoms with Crippen LogP contribution in [0.1, 0.15) is 20.3 Å². The predicted molar refractivity (Wildman–Crippen MR) is 46.3 cm³/mol. The summed E-state index contributed by atoms with van der Waals surface area (Å²) in [7, 11) is 0. The van der Waals surface area contributed by atoms with Gasteiger partial charge in [-0.2, -0.15) is 0 Å². The molecule has 0 aliphatic heterocycles. The molecule has 0 aromatic carbocycles. The molecule has 1 aliphatic carbocycles. The highest BCUT2D eigenvalue weighted by Crippen LogP contribution is 2.33. The van der Waals surface area contributed by atoms with Gasteiger partial charge in [0.1, 0.15) is 0 Å². The Kier molecular flexibility index (Phi) is 2.43. The standard InChI is InChI=1S/C8H10Cl2/c1-5(2)7-3-6(9)4-8(7)10/h3,5H,4H2,1-2H3. The molecule has 10 heavy (non-hydrogen) atoms. The summed E-state index contributed by atoms with van der Waals surface area (Å²) >= 11 is 11.7. The van der Waals surface area contributed by atoms with Gasteiger partial charge in [-0.1, -0.05) is 37.0 Å². The van der Waals surface area contributed by atoms with Crippen LogP contribution >= 0.6 is 23.2 Å². The molecule has 0 fully saturated rings. The van der Waals surface area contributed by atoms with Crippen LogP contribution in [-0.4, -0.2) is 0 Å². The third-order valence-electron chi connectivity index (χ3n) is 1.57. The molecule has 0 aromatic rings. The molecule has 1 rings (SSSR count). The van der Waals surface area contributed by atoms with Crippen LogP contribution in [0.25, 0.3) is 0 Å². The summed E-state index contributed by atoms with van der Waals surface area (Å²) in [6, 6.07) is 0. The second kappa shape index (κ2) is 2.98. The first-order valence-corrected chi connectivity index (χ1v) is 4.11. The Bertz CT molecular complexity index is 199. The van der Waals surface area contributed by atoms with Gasteiger partial charge in [0.25, 0.3) is 0 Å². The molecular formula is C8H10Cl2. The quantitative estimate of drug-likeness (QED) is 0.573. The van der Waals surface area contributed by atoms with Crippen LogP contribution in [0.5, 0.6) is 0 Å². The van der Waals surface area contributed by atoms with Crippen molar-refractivity contribution in [1.82, 2.24) is 0 Å². The number of rotatable bonds is 1. The molecule has 56 valence electrons. The molecule has 0 radical (unpaired) electrons. The summed E-state index contributed by atoms with van der Waals surface area (Å²) in [5.74, 6) is 0.490. The van der Waals surface area contributed by atoms with Crippen LogP contribution in [0.3, 0.4) is 0 Å². The van der Waals surface area contributed by atoms with E-state index in [0.29, 0.717) is 5.92 Å². The normalized spacial score (nSPS) is 18.7. The molecule has 0 N–H and O–H groups in total. The molecule has 2 heteroatoms. The SMILES string of the molecule is CC(C)C1=C(Cl)CC(Cl)=C1. The second-order valence-corrected chi connectivity index (χ2v) is 3.72. The summed E-state index contributed by atoms with van der Waals surface area (Å²) in [4.78, 5) is 0. The van der Waals surface area contributed by atoms with E-state index in [9.17, 15) is 0 Å². The zero-order valence-electron chi connectivity index (χ0n) is 6.12. The lowest BCUT2D eigenvalue weighted by atomic mass is 10.1. The van der Waals surface area contributed by atoms with E-state index < -0.39 is 0 Å². The average molecular weight is 177 g/mol. The molecule has 0 nitrogen and oxygen atoms in total. The topological polar surface area (TPSA) is 0 Å². The van der Waals surface area contributed by atoms with Gasteiger partial charge in [-0.05, 0) is 17.6 Å². The fraction of sp³-hybridized carbons (Fsp3) is 0.500. The van der Waals surface area contributed by atoms with E-state index in [4.69, 9.17) is 23.2 Å². The number of hydrogen-bond donors (Lipinski definition) is 0. The minimum absolute atomic E-state index is 0.490. The minimum Gasteiger partial charge on any atom is -0.0887 e. The Hall–Kier alpha value is 0.0600. The molecule has 0 saturated heterocycles. The fourth-order valence-corrected chi connectivity index (χ4v) is 1.76. The van der Waals surface area contributed by atoms with Crippen LogP contribution in [0.2, 0.25) is 0 Å². The van der Waals surface area contributed by atoms with Crippen molar-refractivity contribution in [2.24, 2.45) is 5.92 Å². The van der Waals surface area contributed by atoms with Crippen molar-refractivity contribution in [3.05, 3.63) is 21.7 Å². The van der Waals surface area contributed by atoms with Crippen LogP contribution in [0, 0.1) is 5.92 Å². The van der Waals surface area contributed by atoms with E-state index in [0.717, 1.165) is 16.5 Å². The minimum atomic E-state index is 0.490. The van der Waals surface area contributed by atoms with Crippen LogP contribution in [0.15, 0.2) is 21.7 Å². The smallest absolute Gasteiger partial charge is 0.0268 e. The van der Waals surface area contributed by atoms with Gasteiger partial charge in [0.2, 0.25) is 0 Å². The van der Waals surface area contributed by atoms with Crippen molar-refractivity contribution < 1.29 is 0 Å². The van der Waals surface area contributed by atoms with Crippen molar-refractivity contribution in [2.75, 3.05) is 0 Å². The van der Waals surface area contributed by atoms with Crippen LogP contribution in [0.4, 0.5) is 0 Å². The average Bonchev–Trinajstić information content (AvgIpc) is 2.10. The Balaban J connectivity index is 2.82. The van der Waals surface area contributed by atoms with E-state index in [2.05, 4.69) is 13.8 Å². The van der Waals surface area contributed by atoms with Gasteiger partial charge in [-0.25, -0.2) is 0 Å². The molecule has 1 aliphatic rings. The zero-order valence-corrected chi connectivity index (χ0v) is 7.63. The monoisotopic (exact) mass is 176 g/mol. The van der Waals surface area contributed by atoms with Gasteiger partial charge < -0.3 is 0 Å². The maximum absolute atomic E-state index is 5.91. The van der Waals surface area contributed by atoms with Gasteiger partial charge in [0.05, 0.1) is 0 Å². The van der Waals surface area contributed by atoms with Gasteiger partial charge in [0.15, 0.2) is 0 Å². The second-order valence-electron chi connectivity index (χ2n) is 2.78. The Labute approximate surface area is 71.5 Å². The molecule has 0 spiro atoms. The zero-order chi connectivity index (χ0) is 7.72. The van der Waals surface area contributed by atoms with Gasteiger partial charge in [-0.15, -0.1) is 0 Å². The Morgan fingerprint density at radius 1 is 1.40 bits per heavy atom. The van der Waals surface area contributed by atoms with Crippen molar-refractivity contribution in [2.45, 2.75) is 20.3 Å². The highest BCUT2D eigenvalue weighted by Gasteiger charge is 2.14. The molecule has 0 saturated carbocycles. The van der Waals surface area contributed by atoms with Crippen molar-refractivity contribution in [1.29, 1.82) is 0 Å². The summed E-state index contributed by atoms with van der Waals surface area (Å²) in [5.41, 5.74) is 1.19. The maximum atomic E-state index is 5.91. The number of allylic oxidation sites excluding steroid dienone is 4. The van der Waals surface area contributed by atoms with Crippen molar-refractivity contribution in [3.8, 4) is 0 Å². The lowest BCUT2D eigenvalue weighted by Gasteiger charge is -2.02. The van der Waals surface area contributed by atoms with E-state index in [1.807, 2.05) is 6.08 Å². The lowest BCUT2D eigenvalue weighted by molar-refractivity contribution is 0.790. The molecular weight excluding hydrogens is 167 g/mol. The number of hydrogen-bond acceptors (Lipinski definition) is 0. The third-order valence-corrected chi connectivity index (χ3v) is 2.17. The van der Waals surface area contributed by atoms with E-state index in [1.165, 1.54) is 5.57 Å². The summed E-state index contributed by atoms with van der Waals surface area (Å²) < 4.78 is 0. The lowest BCUT2D eigenvalue weighted by Crippen LogP contribution is -1.88. The van der Waals surface area contributed by atoms with Crippen molar-refractivity contribution >= 4 is 23.2 Å². The third kappa shape index (κ3) is 1.56. The Morgan fingerprint density at radius 3 is 2.20 bits per heavy atom. The highest BCUT2D eigenvalue weighted by atomic mass is 35.5. The molecule has 0 heterocycles. The highest BCUT2D eigenvalue weighted by molar-refractivity contribution is 6.35. The first-order valence-electron chi connectivity index (χ1n) is 3.36. The summed E-state index contributed by atoms with van der Waals surface area (Å²) in [5, 5.41) is 1.76. The van der Waals surface area contributed by atoms with Crippen LogP contribution in [-0.2, 0) is 0 Å². The first kappa shape index (κ1) is 8.16. The van der Waals surface area contributed by atoms with Crippen molar-refractivity contribution in [3.63, 3.8) is 0 Å². The summed E-state index contributed by atoms with van der Waals surface area (Å²) in [6.45, 7) is 4.23. The molecule has 0 aromatic heterocycles. The molecule has 0 bridgehead atoms. The van der Waals surface area contributed by atoms with E-state index in [1.54, 1.807) is 0 Å². The van der Waals surface area contributed by atoms with Gasteiger partial charge in [0, 0.05) is 16.5 Å². The number of halogens is 2. The maximum Gasteiger partial charge on any atom is 0.0268 e. The van der Waals surface area contributed by atoms with E-state index in [-0.39, 0.29) is 0 Å². The molecule has 0 unspecified atom stereocenters. The van der Waals surface area contributed by atoms with Gasteiger partial charge >= 0.3 is 0 Å². The Morgan fingerprint density at radius 2 is 2.00 bits per heavy atom. The van der Waals surface area contributed by atoms with Gasteiger partial charge in [-0.3, -0.25) is 0 Å². The predicted octanol–water partition coefficient (Wildman–Crippen LogP) is 3.66. The van der Waals surface area contributed by atoms with Crippen LogP contribution < -0.4 is 0 Å². The first-order chi connectivity index (χ1) is 4.61. The van der Waals surface area contributed by atoms with E-state index >= 15 is 0 Å². The molecule has 0 amide bonds. The molecule has 0 atom stereocenters. The summed E-state index contributed by atoms with van der Waals surface area (Å²) in [6.07, 6.45) is 2.70. The fourth-order valence-electron chi connectivity index (χ4n) is 1.03.